The van der Waals surface area contributed by atoms with Crippen LogP contribution in [0.4, 0.5) is 0 Å². The first-order valence-corrected chi connectivity index (χ1v) is 4.63. The Bertz CT molecular complexity index is 323. The zero-order valence-corrected chi connectivity index (χ0v) is 8.82. The van der Waals surface area contributed by atoms with Gasteiger partial charge in [0.15, 0.2) is 0 Å². The fourth-order valence-electron chi connectivity index (χ4n) is 1.34. The molecule has 0 saturated heterocycles. The minimum atomic E-state index is -0.779. The predicted molar refractivity (Wildman–Crippen MR) is 53.2 cm³/mol. The number of rotatable bonds is 3. The number of aryl methyl sites for hydroxylation is 1. The highest BCUT2D eigenvalue weighted by Gasteiger charge is 2.18. The van der Waals surface area contributed by atoms with E-state index in [1.165, 1.54) is 0 Å². The summed E-state index contributed by atoms with van der Waals surface area (Å²) in [6.45, 7) is 6.74. The van der Waals surface area contributed by atoms with Crippen LogP contribution in [0, 0.1) is 0 Å². The van der Waals surface area contributed by atoms with E-state index < -0.39 is 5.97 Å². The summed E-state index contributed by atoms with van der Waals surface area (Å²) < 4.78 is 1.90. The van der Waals surface area contributed by atoms with Crippen LogP contribution < -0.4 is 0 Å². The lowest BCUT2D eigenvalue weighted by molar-refractivity contribution is -0.137. The van der Waals surface area contributed by atoms with Crippen molar-refractivity contribution in [1.29, 1.82) is 0 Å². The molecule has 78 valence electrons. The second kappa shape index (κ2) is 3.82. The van der Waals surface area contributed by atoms with Crippen molar-refractivity contribution in [2.24, 2.45) is 0 Å². The molecular formula is C10H16N2O2. The molecule has 1 N–H and O–H groups in total. The number of aliphatic carboxylic acids is 1. The molecule has 0 aromatic carbocycles. The molecule has 0 bridgehead atoms. The van der Waals surface area contributed by atoms with Crippen molar-refractivity contribution in [3.63, 3.8) is 0 Å². The molecule has 0 fully saturated rings. The number of imidazole rings is 1. The average Bonchev–Trinajstić information content (AvgIpc) is 2.46. The van der Waals surface area contributed by atoms with Gasteiger partial charge < -0.3 is 9.67 Å². The SMILES string of the molecule is CC(C)(C)c1cncn1CCC(=O)O. The quantitative estimate of drug-likeness (QED) is 0.799. The van der Waals surface area contributed by atoms with E-state index in [-0.39, 0.29) is 11.8 Å². The number of nitrogens with zero attached hydrogens (tertiary/aromatic N) is 2. The first-order chi connectivity index (χ1) is 6.41. The van der Waals surface area contributed by atoms with E-state index in [1.54, 1.807) is 12.5 Å². The molecule has 1 aromatic heterocycles. The summed E-state index contributed by atoms with van der Waals surface area (Å²) in [7, 11) is 0. The highest BCUT2D eigenvalue weighted by molar-refractivity contribution is 5.66. The van der Waals surface area contributed by atoms with Gasteiger partial charge in [0, 0.05) is 23.9 Å². The van der Waals surface area contributed by atoms with E-state index in [0.29, 0.717) is 6.54 Å². The third kappa shape index (κ3) is 2.58. The van der Waals surface area contributed by atoms with Crippen LogP contribution in [0.5, 0.6) is 0 Å². The summed E-state index contributed by atoms with van der Waals surface area (Å²) in [6, 6.07) is 0. The highest BCUT2D eigenvalue weighted by atomic mass is 16.4. The summed E-state index contributed by atoms with van der Waals surface area (Å²) in [5.74, 6) is -0.779. The molecule has 0 aliphatic carbocycles. The van der Waals surface area contributed by atoms with Gasteiger partial charge in [-0.15, -0.1) is 0 Å². The van der Waals surface area contributed by atoms with Crippen LogP contribution in [0.3, 0.4) is 0 Å². The van der Waals surface area contributed by atoms with E-state index in [0.717, 1.165) is 5.69 Å². The predicted octanol–water partition coefficient (Wildman–Crippen LogP) is 1.66. The standard InChI is InChI=1S/C10H16N2O2/c1-10(2,3)8-6-11-7-12(8)5-4-9(13)14/h6-7H,4-5H2,1-3H3,(H,13,14). The van der Waals surface area contributed by atoms with Crippen molar-refractivity contribution in [2.45, 2.75) is 39.2 Å². The Balaban J connectivity index is 2.78. The van der Waals surface area contributed by atoms with E-state index in [1.807, 2.05) is 4.57 Å². The first kappa shape index (κ1) is 10.8. The molecule has 1 rings (SSSR count). The maximum atomic E-state index is 10.4. The minimum absolute atomic E-state index is 0.00893. The third-order valence-electron chi connectivity index (χ3n) is 2.05. The minimum Gasteiger partial charge on any atom is -0.481 e. The fraction of sp³-hybridized carbons (Fsp3) is 0.600. The van der Waals surface area contributed by atoms with Gasteiger partial charge in [-0.2, -0.15) is 0 Å². The van der Waals surface area contributed by atoms with Gasteiger partial charge in [0.25, 0.3) is 0 Å². The summed E-state index contributed by atoms with van der Waals surface area (Å²) in [4.78, 5) is 14.5. The summed E-state index contributed by atoms with van der Waals surface area (Å²) >= 11 is 0. The van der Waals surface area contributed by atoms with Crippen LogP contribution in [0.25, 0.3) is 0 Å². The summed E-state index contributed by atoms with van der Waals surface area (Å²) in [6.07, 6.45) is 3.62. The molecule has 4 heteroatoms. The number of carboxylic acids is 1. The molecule has 4 nitrogen and oxygen atoms in total. The Morgan fingerprint density at radius 3 is 2.71 bits per heavy atom. The Morgan fingerprint density at radius 1 is 1.57 bits per heavy atom. The van der Waals surface area contributed by atoms with Gasteiger partial charge in [0.1, 0.15) is 0 Å². The van der Waals surface area contributed by atoms with E-state index in [2.05, 4.69) is 25.8 Å². The van der Waals surface area contributed by atoms with Gasteiger partial charge >= 0.3 is 5.97 Å². The van der Waals surface area contributed by atoms with Crippen molar-refractivity contribution in [3.8, 4) is 0 Å². The molecule has 0 aliphatic heterocycles. The zero-order chi connectivity index (χ0) is 10.8. The largest absolute Gasteiger partial charge is 0.481 e. The van der Waals surface area contributed by atoms with Crippen LogP contribution in [-0.4, -0.2) is 20.6 Å². The average molecular weight is 196 g/mol. The van der Waals surface area contributed by atoms with Gasteiger partial charge in [-0.25, -0.2) is 4.98 Å². The fourth-order valence-corrected chi connectivity index (χ4v) is 1.34. The zero-order valence-electron chi connectivity index (χ0n) is 8.82. The van der Waals surface area contributed by atoms with Crippen LogP contribution in [-0.2, 0) is 16.8 Å². The molecule has 0 saturated carbocycles. The Morgan fingerprint density at radius 2 is 2.21 bits per heavy atom. The van der Waals surface area contributed by atoms with Gasteiger partial charge in [-0.05, 0) is 0 Å². The molecule has 0 radical (unpaired) electrons. The molecule has 0 amide bonds. The Hall–Kier alpha value is -1.32. The maximum Gasteiger partial charge on any atom is 0.305 e. The molecule has 14 heavy (non-hydrogen) atoms. The normalized spacial score (nSPS) is 11.6. The molecule has 0 spiro atoms. The lowest BCUT2D eigenvalue weighted by Gasteiger charge is -2.20. The first-order valence-electron chi connectivity index (χ1n) is 4.63. The lowest BCUT2D eigenvalue weighted by atomic mass is 9.92. The molecule has 1 aromatic rings. The van der Waals surface area contributed by atoms with Crippen molar-refractivity contribution in [3.05, 3.63) is 18.2 Å². The third-order valence-corrected chi connectivity index (χ3v) is 2.05. The van der Waals surface area contributed by atoms with Crippen LogP contribution in [0.2, 0.25) is 0 Å². The molecular weight excluding hydrogens is 180 g/mol. The molecule has 0 unspecified atom stereocenters. The van der Waals surface area contributed by atoms with Crippen LogP contribution in [0.15, 0.2) is 12.5 Å². The smallest absolute Gasteiger partial charge is 0.305 e. The number of hydrogen-bond donors (Lipinski definition) is 1. The molecule has 0 atom stereocenters. The summed E-state index contributed by atoms with van der Waals surface area (Å²) in [5, 5.41) is 8.57. The Labute approximate surface area is 83.6 Å². The van der Waals surface area contributed by atoms with Crippen molar-refractivity contribution >= 4 is 5.97 Å². The molecule has 1 heterocycles. The number of carbonyl (C=O) groups is 1. The van der Waals surface area contributed by atoms with Crippen LogP contribution in [0.1, 0.15) is 32.9 Å². The Kier molecular flexibility index (Phi) is 2.93. The topological polar surface area (TPSA) is 55.1 Å². The van der Waals surface area contributed by atoms with Gasteiger partial charge in [0.2, 0.25) is 0 Å². The van der Waals surface area contributed by atoms with Crippen molar-refractivity contribution in [1.82, 2.24) is 9.55 Å². The van der Waals surface area contributed by atoms with E-state index >= 15 is 0 Å². The van der Waals surface area contributed by atoms with Crippen molar-refractivity contribution < 1.29 is 9.90 Å². The molecule has 0 aliphatic rings. The van der Waals surface area contributed by atoms with Gasteiger partial charge in [0.05, 0.1) is 12.7 Å². The number of hydrogen-bond acceptors (Lipinski definition) is 2. The van der Waals surface area contributed by atoms with E-state index in [4.69, 9.17) is 5.11 Å². The summed E-state index contributed by atoms with van der Waals surface area (Å²) in [5.41, 5.74) is 1.08. The lowest BCUT2D eigenvalue weighted by Crippen LogP contribution is -2.18. The second-order valence-corrected chi connectivity index (χ2v) is 4.37. The van der Waals surface area contributed by atoms with Gasteiger partial charge in [-0.1, -0.05) is 20.8 Å². The monoisotopic (exact) mass is 196 g/mol. The van der Waals surface area contributed by atoms with Crippen LogP contribution >= 0.6 is 0 Å². The number of carboxylic acid groups (broad SMARTS) is 1. The highest BCUT2D eigenvalue weighted by Crippen LogP contribution is 2.21. The van der Waals surface area contributed by atoms with Crippen molar-refractivity contribution in [2.75, 3.05) is 0 Å². The number of aromatic nitrogens is 2. The van der Waals surface area contributed by atoms with Gasteiger partial charge in [-0.3, -0.25) is 4.79 Å². The van der Waals surface area contributed by atoms with E-state index in [9.17, 15) is 4.79 Å². The maximum absolute atomic E-state index is 10.4. The second-order valence-electron chi connectivity index (χ2n) is 4.37.